The zero-order valence-corrected chi connectivity index (χ0v) is 8.32. The number of halogens is 1. The van der Waals surface area contributed by atoms with E-state index >= 15 is 0 Å². The molecule has 0 saturated carbocycles. The predicted molar refractivity (Wildman–Crippen MR) is 54.5 cm³/mol. The van der Waals surface area contributed by atoms with E-state index < -0.39 is 0 Å². The van der Waals surface area contributed by atoms with Gasteiger partial charge in [0.15, 0.2) is 0 Å². The van der Waals surface area contributed by atoms with Gasteiger partial charge in [0.25, 0.3) is 5.56 Å². The Morgan fingerprint density at radius 1 is 1.43 bits per heavy atom. The highest BCUT2D eigenvalue weighted by Crippen LogP contribution is 2.16. The van der Waals surface area contributed by atoms with Crippen molar-refractivity contribution < 1.29 is 0 Å². The maximum Gasteiger partial charge on any atom is 0.252 e. The third-order valence-corrected chi connectivity index (χ3v) is 2.35. The minimum Gasteiger partial charge on any atom is -0.293 e. The van der Waals surface area contributed by atoms with Crippen molar-refractivity contribution in [2.75, 3.05) is 0 Å². The third kappa shape index (κ3) is 1.28. The van der Waals surface area contributed by atoms with E-state index in [4.69, 9.17) is 11.6 Å². The van der Waals surface area contributed by atoms with Gasteiger partial charge in [-0.15, -0.1) is 0 Å². The lowest BCUT2D eigenvalue weighted by molar-refractivity contribution is 0.748. The van der Waals surface area contributed by atoms with Gasteiger partial charge in [0.2, 0.25) is 0 Å². The minimum absolute atomic E-state index is 0.0743. The molecule has 0 saturated heterocycles. The lowest BCUT2D eigenvalue weighted by Gasteiger charge is -2.05. The first kappa shape index (κ1) is 9.15. The fraction of sp³-hybridized carbons (Fsp3) is 0.222. The second kappa shape index (κ2) is 3.38. The number of rotatable bonds is 1. The first-order chi connectivity index (χ1) is 6.74. The summed E-state index contributed by atoms with van der Waals surface area (Å²) in [6.45, 7) is 2.46. The molecule has 0 radical (unpaired) electrons. The monoisotopic (exact) mass is 209 g/mol. The second-order valence-electron chi connectivity index (χ2n) is 2.82. The zero-order chi connectivity index (χ0) is 10.1. The van der Waals surface area contributed by atoms with Gasteiger partial charge >= 0.3 is 0 Å². The smallest absolute Gasteiger partial charge is 0.252 e. The summed E-state index contributed by atoms with van der Waals surface area (Å²) in [4.78, 5) is 19.3. The summed E-state index contributed by atoms with van der Waals surface area (Å²) < 4.78 is 1.56. The van der Waals surface area contributed by atoms with Crippen LogP contribution in [0.1, 0.15) is 6.92 Å². The van der Waals surface area contributed by atoms with Crippen LogP contribution in [0, 0.1) is 0 Å². The number of aromatic nitrogens is 3. The van der Waals surface area contributed by atoms with E-state index in [1.807, 2.05) is 6.92 Å². The first-order valence-electron chi connectivity index (χ1n) is 4.24. The van der Waals surface area contributed by atoms with Crippen molar-refractivity contribution in [2.24, 2.45) is 0 Å². The number of fused-ring (bicyclic) bond motifs is 1. The fourth-order valence-corrected chi connectivity index (χ4v) is 1.57. The Bertz CT molecular complexity index is 535. The Balaban J connectivity index is 2.95. The standard InChI is InChI=1S/C9H8ClN3O/c1-2-13-7(14)4-3-6-8(10)11-5-12-9(6)13/h3-5H,2H2,1H3. The summed E-state index contributed by atoms with van der Waals surface area (Å²) in [5, 5.41) is 1.08. The van der Waals surface area contributed by atoms with Gasteiger partial charge in [-0.25, -0.2) is 9.97 Å². The molecule has 2 rings (SSSR count). The molecule has 0 unspecified atom stereocenters. The highest BCUT2D eigenvalue weighted by molar-refractivity contribution is 6.33. The molecule has 0 amide bonds. The molecular formula is C9H8ClN3O. The summed E-state index contributed by atoms with van der Waals surface area (Å²) in [7, 11) is 0. The van der Waals surface area contributed by atoms with Crippen molar-refractivity contribution in [2.45, 2.75) is 13.5 Å². The van der Waals surface area contributed by atoms with E-state index in [-0.39, 0.29) is 5.56 Å². The van der Waals surface area contributed by atoms with E-state index in [2.05, 4.69) is 9.97 Å². The van der Waals surface area contributed by atoms with Gasteiger partial charge in [0.1, 0.15) is 17.1 Å². The number of nitrogens with zero attached hydrogens (tertiary/aromatic N) is 3. The maximum absolute atomic E-state index is 11.4. The van der Waals surface area contributed by atoms with Crippen LogP contribution < -0.4 is 5.56 Å². The van der Waals surface area contributed by atoms with Crippen LogP contribution in [0.2, 0.25) is 5.15 Å². The molecule has 0 N–H and O–H groups in total. The van der Waals surface area contributed by atoms with Crippen LogP contribution in [0.25, 0.3) is 11.0 Å². The van der Waals surface area contributed by atoms with Crippen molar-refractivity contribution in [3.8, 4) is 0 Å². The van der Waals surface area contributed by atoms with Gasteiger partial charge in [-0.05, 0) is 13.0 Å². The fourth-order valence-electron chi connectivity index (χ4n) is 1.38. The summed E-state index contributed by atoms with van der Waals surface area (Å²) in [6, 6.07) is 3.12. The Labute approximate surface area is 85.2 Å². The Hall–Kier alpha value is -1.42. The molecule has 0 aliphatic carbocycles. The molecule has 4 nitrogen and oxygen atoms in total. The van der Waals surface area contributed by atoms with E-state index in [1.165, 1.54) is 12.4 Å². The molecule has 2 aromatic rings. The van der Waals surface area contributed by atoms with Gasteiger partial charge in [-0.3, -0.25) is 9.36 Å². The van der Waals surface area contributed by atoms with Crippen LogP contribution in [0.4, 0.5) is 0 Å². The summed E-state index contributed by atoms with van der Waals surface area (Å²) in [5.41, 5.74) is 0.509. The highest BCUT2D eigenvalue weighted by Gasteiger charge is 2.05. The van der Waals surface area contributed by atoms with Gasteiger partial charge in [-0.1, -0.05) is 11.6 Å². The van der Waals surface area contributed by atoms with Crippen molar-refractivity contribution in [1.82, 2.24) is 14.5 Å². The van der Waals surface area contributed by atoms with E-state index in [9.17, 15) is 4.79 Å². The Kier molecular flexibility index (Phi) is 2.21. The predicted octanol–water partition coefficient (Wildman–Crippen LogP) is 1.46. The van der Waals surface area contributed by atoms with Crippen molar-refractivity contribution in [3.63, 3.8) is 0 Å². The lowest BCUT2D eigenvalue weighted by Crippen LogP contribution is -2.18. The van der Waals surface area contributed by atoms with Gasteiger partial charge in [0, 0.05) is 12.6 Å². The molecule has 72 valence electrons. The Morgan fingerprint density at radius 2 is 2.21 bits per heavy atom. The van der Waals surface area contributed by atoms with E-state index in [0.29, 0.717) is 22.7 Å². The van der Waals surface area contributed by atoms with Crippen molar-refractivity contribution in [1.29, 1.82) is 0 Å². The van der Waals surface area contributed by atoms with Crippen LogP contribution in [0.3, 0.4) is 0 Å². The van der Waals surface area contributed by atoms with Gasteiger partial charge in [-0.2, -0.15) is 0 Å². The molecule has 0 aromatic carbocycles. The van der Waals surface area contributed by atoms with E-state index in [1.54, 1.807) is 10.6 Å². The molecule has 5 heteroatoms. The molecule has 0 bridgehead atoms. The average molecular weight is 210 g/mol. The van der Waals surface area contributed by atoms with Gasteiger partial charge < -0.3 is 0 Å². The average Bonchev–Trinajstić information content (AvgIpc) is 2.18. The number of pyridine rings is 1. The Morgan fingerprint density at radius 3 is 2.93 bits per heavy atom. The number of hydrogen-bond donors (Lipinski definition) is 0. The third-order valence-electron chi connectivity index (χ3n) is 2.04. The highest BCUT2D eigenvalue weighted by atomic mass is 35.5. The SMILES string of the molecule is CCn1c(=O)ccc2c(Cl)ncnc21. The second-order valence-corrected chi connectivity index (χ2v) is 3.18. The molecule has 0 aliphatic heterocycles. The van der Waals surface area contributed by atoms with Crippen LogP contribution in [-0.2, 0) is 6.54 Å². The lowest BCUT2D eigenvalue weighted by atomic mass is 10.3. The van der Waals surface area contributed by atoms with Crippen LogP contribution in [-0.4, -0.2) is 14.5 Å². The van der Waals surface area contributed by atoms with Crippen molar-refractivity contribution in [3.05, 3.63) is 34.0 Å². The van der Waals surface area contributed by atoms with Crippen molar-refractivity contribution >= 4 is 22.6 Å². The molecule has 0 aliphatic rings. The van der Waals surface area contributed by atoms with Crippen LogP contribution >= 0.6 is 11.6 Å². The summed E-state index contributed by atoms with van der Waals surface area (Å²) >= 11 is 5.87. The first-order valence-corrected chi connectivity index (χ1v) is 4.62. The molecular weight excluding hydrogens is 202 g/mol. The van der Waals surface area contributed by atoms with Crippen LogP contribution in [0.5, 0.6) is 0 Å². The zero-order valence-electron chi connectivity index (χ0n) is 7.57. The molecule has 0 atom stereocenters. The minimum atomic E-state index is -0.0743. The molecule has 0 fully saturated rings. The largest absolute Gasteiger partial charge is 0.293 e. The van der Waals surface area contributed by atoms with Gasteiger partial charge in [0.05, 0.1) is 5.39 Å². The quantitative estimate of drug-likeness (QED) is 0.669. The maximum atomic E-state index is 11.4. The molecule has 2 heterocycles. The number of hydrogen-bond acceptors (Lipinski definition) is 3. The molecule has 14 heavy (non-hydrogen) atoms. The molecule has 0 spiro atoms. The molecule has 2 aromatic heterocycles. The summed E-state index contributed by atoms with van der Waals surface area (Å²) in [5.74, 6) is 0. The normalized spacial score (nSPS) is 10.7. The van der Waals surface area contributed by atoms with E-state index in [0.717, 1.165) is 0 Å². The number of aryl methyl sites for hydroxylation is 1. The summed E-state index contributed by atoms with van der Waals surface area (Å²) in [6.07, 6.45) is 1.36. The topological polar surface area (TPSA) is 47.8 Å². The van der Waals surface area contributed by atoms with Crippen LogP contribution in [0.15, 0.2) is 23.3 Å².